The van der Waals surface area contributed by atoms with Crippen LogP contribution in [0.2, 0.25) is 0 Å². The summed E-state index contributed by atoms with van der Waals surface area (Å²) in [5, 5.41) is 19.0. The van der Waals surface area contributed by atoms with E-state index in [-0.39, 0.29) is 14.9 Å². The van der Waals surface area contributed by atoms with Gasteiger partial charge in [0.2, 0.25) is 0 Å². The van der Waals surface area contributed by atoms with Crippen molar-refractivity contribution in [2.24, 2.45) is 0 Å². The van der Waals surface area contributed by atoms with Crippen molar-refractivity contribution in [3.63, 3.8) is 0 Å². The van der Waals surface area contributed by atoms with Crippen molar-refractivity contribution in [2.45, 2.75) is 14.9 Å². The Kier molecular flexibility index (Phi) is 16.7. The van der Waals surface area contributed by atoms with Crippen LogP contribution in [0.5, 0.6) is 11.5 Å². The van der Waals surface area contributed by atoms with E-state index in [2.05, 4.69) is 25.9 Å². The number of nitrogens with zero attached hydrogens (tertiary/aromatic N) is 2. The fourth-order valence-electron chi connectivity index (χ4n) is 3.51. The molecule has 0 atom stereocenters. The minimum atomic E-state index is -2.47. The first-order valence-corrected chi connectivity index (χ1v) is 18.5. The summed E-state index contributed by atoms with van der Waals surface area (Å²) in [6.07, 6.45) is 3.31. The van der Waals surface area contributed by atoms with Gasteiger partial charge in [0.15, 0.2) is 0 Å². The van der Waals surface area contributed by atoms with Gasteiger partial charge in [-0.2, -0.15) is 0 Å². The van der Waals surface area contributed by atoms with Crippen molar-refractivity contribution in [1.29, 1.82) is 0 Å². The molecule has 0 bridgehead atoms. The number of halogens is 1. The zero-order valence-electron chi connectivity index (χ0n) is 24.4. The molecule has 0 aliphatic heterocycles. The fourth-order valence-corrected chi connectivity index (χ4v) is 6.05. The van der Waals surface area contributed by atoms with Gasteiger partial charge >= 0.3 is 7.12 Å². The zero-order valence-corrected chi connectivity index (χ0v) is 27.7. The highest BCUT2D eigenvalue weighted by Gasteiger charge is 2.19. The number of anilines is 2. The molecule has 4 rings (SSSR count). The maximum Gasteiger partial charge on any atom is 0.488 e. The standard InChI is InChI=1S/C14H17N2O2P.C8H13BNO3P.C6H6BrNO.2CH4/c1-18-11-5-7-13(16-9-11)10-4-6-12(15)14(8-10)19(2,3)17;1-14(2,13)8-5-6(9(11)12)3-4-7(8)10;1-9-5-2-3-6(7)8-4-5;;/h4-9H,15H2,1-3H3;3-5,11-12H,10H2,1-2H3;2-4H,1H3;2*1H4. The Morgan fingerprint density at radius 2 is 1.20 bits per heavy atom. The lowest BCUT2D eigenvalue weighted by atomic mass is 9.80. The second-order valence-corrected chi connectivity index (χ2v) is 17.0. The van der Waals surface area contributed by atoms with Gasteiger partial charge in [-0.25, -0.2) is 4.98 Å². The molecule has 14 heteroatoms. The molecule has 2 heterocycles. The topological polar surface area (TPSA) is 171 Å². The summed E-state index contributed by atoms with van der Waals surface area (Å²) in [6.45, 7) is 6.60. The third-order valence-electron chi connectivity index (χ3n) is 5.75. The molecule has 4 aromatic rings. The van der Waals surface area contributed by atoms with Crippen LogP contribution in [-0.2, 0) is 9.13 Å². The van der Waals surface area contributed by atoms with Crippen LogP contribution < -0.4 is 37.0 Å². The summed E-state index contributed by atoms with van der Waals surface area (Å²) in [7, 11) is -3.20. The Morgan fingerprint density at radius 3 is 1.61 bits per heavy atom. The molecule has 2 aromatic heterocycles. The first kappa shape index (κ1) is 40.9. The van der Waals surface area contributed by atoms with E-state index in [0.717, 1.165) is 21.6 Å². The van der Waals surface area contributed by atoms with Gasteiger partial charge in [-0.15, -0.1) is 0 Å². The maximum atomic E-state index is 12.2. The highest BCUT2D eigenvalue weighted by Crippen LogP contribution is 2.38. The number of hydrogen-bond donors (Lipinski definition) is 4. The molecular formula is C30H44BBrN4O6P2. The number of pyridine rings is 2. The van der Waals surface area contributed by atoms with Crippen LogP contribution >= 0.6 is 30.2 Å². The van der Waals surface area contributed by atoms with Crippen LogP contribution in [0.3, 0.4) is 0 Å². The molecule has 0 spiro atoms. The van der Waals surface area contributed by atoms with Gasteiger partial charge < -0.3 is 40.1 Å². The SMILES string of the molecule is C.C.COc1ccc(-c2ccc(N)c(P(C)(C)=O)c2)nc1.COc1ccc(Br)nc1.CP(C)(=O)c1cc(B(O)O)ccc1N. The van der Waals surface area contributed by atoms with Gasteiger partial charge in [-0.1, -0.05) is 27.0 Å². The molecule has 6 N–H and O–H groups in total. The largest absolute Gasteiger partial charge is 0.495 e. The number of methoxy groups -OCH3 is 2. The van der Waals surface area contributed by atoms with E-state index in [1.165, 1.54) is 18.2 Å². The molecule has 0 saturated heterocycles. The normalized spacial score (nSPS) is 10.4. The molecule has 0 radical (unpaired) electrons. The third kappa shape index (κ3) is 12.5. The fraction of sp³-hybridized carbons (Fsp3) is 0.267. The van der Waals surface area contributed by atoms with Crippen LogP contribution in [0.25, 0.3) is 11.3 Å². The van der Waals surface area contributed by atoms with Crippen molar-refractivity contribution in [3.05, 3.63) is 77.7 Å². The molecule has 2 aromatic carbocycles. The van der Waals surface area contributed by atoms with Crippen molar-refractivity contribution in [2.75, 3.05) is 52.3 Å². The van der Waals surface area contributed by atoms with E-state index in [1.54, 1.807) is 59.3 Å². The number of nitrogen functional groups attached to an aromatic ring is 2. The molecule has 0 unspecified atom stereocenters. The molecule has 0 amide bonds. The summed E-state index contributed by atoms with van der Waals surface area (Å²) < 4.78 is 34.8. The zero-order chi connectivity index (χ0) is 31.7. The Morgan fingerprint density at radius 1 is 0.727 bits per heavy atom. The summed E-state index contributed by atoms with van der Waals surface area (Å²) in [5.74, 6) is 1.48. The average molecular weight is 709 g/mol. The number of ether oxygens (including phenoxy) is 2. The van der Waals surface area contributed by atoms with Crippen molar-refractivity contribution < 1.29 is 28.7 Å². The van der Waals surface area contributed by atoms with Gasteiger partial charge in [0.25, 0.3) is 0 Å². The van der Waals surface area contributed by atoms with E-state index >= 15 is 0 Å². The summed E-state index contributed by atoms with van der Waals surface area (Å²) in [4.78, 5) is 8.26. The monoisotopic (exact) mass is 708 g/mol. The quantitative estimate of drug-likeness (QED) is 0.0934. The highest BCUT2D eigenvalue weighted by atomic mass is 79.9. The van der Waals surface area contributed by atoms with Crippen LogP contribution in [-0.4, -0.2) is 68.0 Å². The van der Waals surface area contributed by atoms with E-state index < -0.39 is 21.4 Å². The second kappa shape index (κ2) is 18.0. The molecular weight excluding hydrogens is 665 g/mol. The molecule has 0 aliphatic rings. The molecule has 0 saturated carbocycles. The number of aromatic nitrogens is 2. The predicted octanol–water partition coefficient (Wildman–Crippen LogP) is 4.91. The Labute approximate surface area is 270 Å². The molecule has 0 aliphatic carbocycles. The van der Waals surface area contributed by atoms with Crippen molar-refractivity contribution >= 4 is 64.8 Å². The van der Waals surface area contributed by atoms with Gasteiger partial charge in [0.1, 0.15) is 30.4 Å². The first-order valence-electron chi connectivity index (χ1n) is 12.5. The van der Waals surface area contributed by atoms with Gasteiger partial charge in [-0.3, -0.25) is 4.98 Å². The molecule has 240 valence electrons. The maximum absolute atomic E-state index is 12.2. The van der Waals surface area contributed by atoms with Gasteiger partial charge in [0, 0.05) is 27.5 Å². The van der Waals surface area contributed by atoms with Crippen molar-refractivity contribution in [3.8, 4) is 22.8 Å². The van der Waals surface area contributed by atoms with Crippen molar-refractivity contribution in [1.82, 2.24) is 9.97 Å². The Hall–Kier alpha value is -3.14. The lowest BCUT2D eigenvalue weighted by molar-refractivity contribution is 0.412. The van der Waals surface area contributed by atoms with E-state index in [4.69, 9.17) is 31.0 Å². The number of benzene rings is 2. The van der Waals surface area contributed by atoms with Crippen LogP contribution in [0.4, 0.5) is 11.4 Å². The van der Waals surface area contributed by atoms with Crippen LogP contribution in [0.15, 0.2) is 77.7 Å². The minimum absolute atomic E-state index is 0. The van der Waals surface area contributed by atoms with Crippen LogP contribution in [0.1, 0.15) is 14.9 Å². The lowest BCUT2D eigenvalue weighted by Gasteiger charge is -2.12. The summed E-state index contributed by atoms with van der Waals surface area (Å²) >= 11 is 3.21. The second-order valence-electron chi connectivity index (χ2n) is 9.77. The van der Waals surface area contributed by atoms with E-state index in [0.29, 0.717) is 33.2 Å². The van der Waals surface area contributed by atoms with Gasteiger partial charge in [0.05, 0.1) is 32.3 Å². The Bertz CT molecular complexity index is 1560. The highest BCUT2D eigenvalue weighted by molar-refractivity contribution is 9.10. The minimum Gasteiger partial charge on any atom is -0.495 e. The predicted molar refractivity (Wildman–Crippen MR) is 191 cm³/mol. The third-order valence-corrected chi connectivity index (χ3v) is 9.31. The van der Waals surface area contributed by atoms with Gasteiger partial charge in [-0.05, 0) is 96.6 Å². The summed E-state index contributed by atoms with van der Waals surface area (Å²) in [5.41, 5.74) is 14.5. The Balaban J connectivity index is 0.000000655. The molecule has 0 fully saturated rings. The average Bonchev–Trinajstić information content (AvgIpc) is 2.93. The molecule has 44 heavy (non-hydrogen) atoms. The number of nitrogens with two attached hydrogens (primary N) is 2. The number of hydrogen-bond acceptors (Lipinski definition) is 10. The number of rotatable bonds is 6. The van der Waals surface area contributed by atoms with E-state index in [1.807, 2.05) is 36.4 Å². The summed E-state index contributed by atoms with van der Waals surface area (Å²) in [6, 6.07) is 17.4. The molecule has 10 nitrogen and oxygen atoms in total. The first-order chi connectivity index (χ1) is 19.6. The lowest BCUT2D eigenvalue weighted by Crippen LogP contribution is -2.32. The smallest absolute Gasteiger partial charge is 0.488 e. The van der Waals surface area contributed by atoms with Crippen LogP contribution in [0, 0.1) is 0 Å². The van der Waals surface area contributed by atoms with E-state index in [9.17, 15) is 9.13 Å².